The molecular weight excluding hydrogens is 448 g/mol. The van der Waals surface area contributed by atoms with Crippen LogP contribution in [0.5, 0.6) is 5.75 Å². The number of rotatable bonds is 7. The number of halogens is 1. The summed E-state index contributed by atoms with van der Waals surface area (Å²) in [4.78, 5) is 12.6. The largest absolute Gasteiger partial charge is 0.493 e. The highest BCUT2D eigenvalue weighted by Crippen LogP contribution is 2.28. The number of nitrogens with two attached hydrogens (primary N) is 2. The number of ether oxygens (including phenoxy) is 1. The molecule has 5 N–H and O–H groups in total. The highest BCUT2D eigenvalue weighted by molar-refractivity contribution is 9.10. The van der Waals surface area contributed by atoms with Crippen molar-refractivity contribution >= 4 is 49.5 Å². The second-order valence-electron chi connectivity index (χ2n) is 7.23. The summed E-state index contributed by atoms with van der Waals surface area (Å²) >= 11 is 3.39. The van der Waals surface area contributed by atoms with Gasteiger partial charge in [0.15, 0.2) is 0 Å². The Kier molecular flexibility index (Phi) is 5.74. The van der Waals surface area contributed by atoms with E-state index in [0.29, 0.717) is 30.3 Å². The summed E-state index contributed by atoms with van der Waals surface area (Å²) in [5.74, 6) is 1.71. The molecule has 0 radical (unpaired) electrons. The summed E-state index contributed by atoms with van der Waals surface area (Å²) in [6, 6.07) is 9.49. The molecule has 4 rings (SSSR count). The average Bonchev–Trinajstić information content (AvgIpc) is 3.17. The maximum Gasteiger partial charge on any atom is 0.147 e. The Morgan fingerprint density at radius 1 is 1.17 bits per heavy atom. The number of benzene rings is 1. The van der Waals surface area contributed by atoms with Gasteiger partial charge in [0.05, 0.1) is 22.0 Å². The van der Waals surface area contributed by atoms with Crippen LogP contribution in [0, 0.1) is 5.92 Å². The van der Waals surface area contributed by atoms with E-state index in [-0.39, 0.29) is 5.92 Å². The van der Waals surface area contributed by atoms with E-state index < -0.39 is 6.23 Å². The van der Waals surface area contributed by atoms with Gasteiger partial charge in [-0.3, -0.25) is 0 Å². The molecule has 3 aromatic heterocycles. The van der Waals surface area contributed by atoms with Crippen LogP contribution in [-0.4, -0.2) is 31.2 Å². The summed E-state index contributed by atoms with van der Waals surface area (Å²) in [7, 11) is 0. The third-order valence-corrected chi connectivity index (χ3v) is 5.87. The predicted octanol–water partition coefficient (Wildman–Crippen LogP) is 3.89. The van der Waals surface area contributed by atoms with Crippen LogP contribution in [0.4, 0.5) is 11.6 Å². The van der Waals surface area contributed by atoms with Crippen LogP contribution in [0.15, 0.2) is 47.3 Å². The molecule has 8 nitrogen and oxygen atoms in total. The molecule has 30 heavy (non-hydrogen) atoms. The summed E-state index contributed by atoms with van der Waals surface area (Å²) in [6.45, 7) is 2.55. The van der Waals surface area contributed by atoms with Gasteiger partial charge < -0.3 is 25.9 Å². The highest BCUT2D eigenvalue weighted by Gasteiger charge is 2.18. The normalized spacial score (nSPS) is 13.6. The zero-order valence-electron chi connectivity index (χ0n) is 16.5. The molecule has 0 spiro atoms. The molecule has 0 aliphatic rings. The second-order valence-corrected chi connectivity index (χ2v) is 8.09. The molecule has 4 aromatic rings. The standard InChI is InChI=1S/C21H23BrN6O2/c1-2-12(7-18(29)28-6-5-15-19(23)25-11-26-21(15)28)10-30-14-4-3-13-8-16(22)20(24)27-17(13)9-14/h3-6,8-9,11-12,18,29H,2,7,10H2,1H3,(H2,24,27)(H2,23,25,26). The molecular formula is C21H23BrN6O2. The van der Waals surface area contributed by atoms with Crippen LogP contribution in [-0.2, 0) is 0 Å². The minimum atomic E-state index is -0.735. The van der Waals surface area contributed by atoms with Crippen molar-refractivity contribution in [3.8, 4) is 5.75 Å². The number of aromatic nitrogens is 4. The average molecular weight is 471 g/mol. The summed E-state index contributed by atoms with van der Waals surface area (Å²) in [5.41, 5.74) is 13.2. The third-order valence-electron chi connectivity index (χ3n) is 5.24. The van der Waals surface area contributed by atoms with E-state index in [0.717, 1.165) is 32.9 Å². The highest BCUT2D eigenvalue weighted by atomic mass is 79.9. The molecule has 0 aliphatic carbocycles. The van der Waals surface area contributed by atoms with E-state index in [1.54, 1.807) is 10.8 Å². The molecule has 0 saturated heterocycles. The fraction of sp³-hybridized carbons (Fsp3) is 0.286. The fourth-order valence-corrected chi connectivity index (χ4v) is 3.77. The molecule has 0 bridgehead atoms. The van der Waals surface area contributed by atoms with E-state index >= 15 is 0 Å². The Bertz CT molecular complexity index is 1200. The van der Waals surface area contributed by atoms with Crippen molar-refractivity contribution < 1.29 is 9.84 Å². The van der Waals surface area contributed by atoms with Crippen LogP contribution in [0.1, 0.15) is 26.0 Å². The van der Waals surface area contributed by atoms with E-state index in [1.165, 1.54) is 6.33 Å². The second kappa shape index (κ2) is 8.45. The van der Waals surface area contributed by atoms with Crippen LogP contribution < -0.4 is 16.2 Å². The minimum Gasteiger partial charge on any atom is -0.493 e. The zero-order valence-corrected chi connectivity index (χ0v) is 18.1. The van der Waals surface area contributed by atoms with Crippen molar-refractivity contribution in [2.24, 2.45) is 5.92 Å². The molecule has 0 amide bonds. The molecule has 0 saturated carbocycles. The number of fused-ring (bicyclic) bond motifs is 2. The number of nitrogens with zero attached hydrogens (tertiary/aromatic N) is 4. The molecule has 2 unspecified atom stereocenters. The van der Waals surface area contributed by atoms with Gasteiger partial charge in [0.1, 0.15) is 35.6 Å². The minimum absolute atomic E-state index is 0.148. The number of hydrogen-bond acceptors (Lipinski definition) is 7. The van der Waals surface area contributed by atoms with Crippen molar-refractivity contribution in [2.45, 2.75) is 26.0 Å². The van der Waals surface area contributed by atoms with Crippen LogP contribution in [0.25, 0.3) is 21.9 Å². The quantitative estimate of drug-likeness (QED) is 0.373. The van der Waals surface area contributed by atoms with Gasteiger partial charge in [-0.05, 0) is 59.0 Å². The van der Waals surface area contributed by atoms with Gasteiger partial charge in [0.2, 0.25) is 0 Å². The SMILES string of the molecule is CCC(COc1ccc2cc(Br)c(N)nc2c1)CC(O)n1ccc2c(N)ncnc21. The molecule has 9 heteroatoms. The van der Waals surface area contributed by atoms with Crippen molar-refractivity contribution in [2.75, 3.05) is 18.1 Å². The molecule has 0 fully saturated rings. The number of anilines is 2. The number of aliphatic hydroxyl groups excluding tert-OH is 1. The lowest BCUT2D eigenvalue weighted by molar-refractivity contribution is 0.0664. The Balaban J connectivity index is 1.45. The summed E-state index contributed by atoms with van der Waals surface area (Å²) in [6.07, 6.45) is 3.83. The van der Waals surface area contributed by atoms with Gasteiger partial charge in [-0.1, -0.05) is 6.92 Å². The fourth-order valence-electron chi connectivity index (χ4n) is 3.44. The van der Waals surface area contributed by atoms with Crippen molar-refractivity contribution in [1.29, 1.82) is 0 Å². The predicted molar refractivity (Wildman–Crippen MR) is 121 cm³/mol. The molecule has 1 aromatic carbocycles. The van der Waals surface area contributed by atoms with Crippen LogP contribution in [0.2, 0.25) is 0 Å². The van der Waals surface area contributed by atoms with E-state index in [2.05, 4.69) is 37.8 Å². The van der Waals surface area contributed by atoms with Crippen molar-refractivity contribution in [1.82, 2.24) is 19.5 Å². The van der Waals surface area contributed by atoms with E-state index in [1.807, 2.05) is 30.3 Å². The van der Waals surface area contributed by atoms with Gasteiger partial charge >= 0.3 is 0 Å². The van der Waals surface area contributed by atoms with Gasteiger partial charge in [0, 0.05) is 17.6 Å². The van der Waals surface area contributed by atoms with Crippen molar-refractivity contribution in [3.05, 3.63) is 47.3 Å². The van der Waals surface area contributed by atoms with Gasteiger partial charge in [0.25, 0.3) is 0 Å². The van der Waals surface area contributed by atoms with Crippen LogP contribution in [0.3, 0.4) is 0 Å². The number of pyridine rings is 1. The third kappa shape index (κ3) is 4.03. The summed E-state index contributed by atoms with van der Waals surface area (Å²) < 4.78 is 8.49. The smallest absolute Gasteiger partial charge is 0.147 e. The first kappa shape index (κ1) is 20.4. The zero-order chi connectivity index (χ0) is 21.3. The molecule has 2 atom stereocenters. The van der Waals surface area contributed by atoms with E-state index in [9.17, 15) is 5.11 Å². The van der Waals surface area contributed by atoms with Gasteiger partial charge in [-0.2, -0.15) is 0 Å². The maximum absolute atomic E-state index is 10.8. The number of aliphatic hydroxyl groups is 1. The Morgan fingerprint density at radius 3 is 2.80 bits per heavy atom. The van der Waals surface area contributed by atoms with E-state index in [4.69, 9.17) is 16.2 Å². The van der Waals surface area contributed by atoms with Gasteiger partial charge in [-0.15, -0.1) is 0 Å². The number of nitrogen functional groups attached to an aromatic ring is 2. The first-order chi connectivity index (χ1) is 14.5. The first-order valence-corrected chi connectivity index (χ1v) is 10.5. The summed E-state index contributed by atoms with van der Waals surface area (Å²) in [5, 5.41) is 12.5. The lowest BCUT2D eigenvalue weighted by atomic mass is 10.0. The lowest BCUT2D eigenvalue weighted by Crippen LogP contribution is -2.18. The lowest BCUT2D eigenvalue weighted by Gasteiger charge is -2.21. The molecule has 0 aliphatic heterocycles. The topological polar surface area (TPSA) is 125 Å². The van der Waals surface area contributed by atoms with Crippen LogP contribution >= 0.6 is 15.9 Å². The Hall–Kier alpha value is -2.91. The first-order valence-electron chi connectivity index (χ1n) is 9.70. The maximum atomic E-state index is 10.8. The van der Waals surface area contributed by atoms with Gasteiger partial charge in [-0.25, -0.2) is 15.0 Å². The molecule has 156 valence electrons. The number of hydrogen-bond donors (Lipinski definition) is 3. The van der Waals surface area contributed by atoms with Crippen molar-refractivity contribution in [3.63, 3.8) is 0 Å². The monoisotopic (exact) mass is 470 g/mol. The Morgan fingerprint density at radius 2 is 2.00 bits per heavy atom. The Labute approximate surface area is 182 Å². The molecule has 3 heterocycles.